The molecule has 1 atom stereocenters. The molecule has 0 aromatic heterocycles. The minimum Gasteiger partial charge on any atom is -0.324 e. The third kappa shape index (κ3) is 3.91. The maximum atomic E-state index is 12.4. The molecule has 0 heterocycles. The first kappa shape index (κ1) is 17.6. The van der Waals surface area contributed by atoms with Gasteiger partial charge in [-0.1, -0.05) is 36.4 Å². The quantitative estimate of drug-likeness (QED) is 0.892. The molecular formula is C19H22N2O3S. The highest BCUT2D eigenvalue weighted by atomic mass is 32.2. The number of anilines is 1. The highest BCUT2D eigenvalue weighted by Crippen LogP contribution is 2.34. The SMILES string of the molecule is CN(CC(=O)Nc1ccccc1S(C)(=O)=O)C1CCc2ccccc21. The summed E-state index contributed by atoms with van der Waals surface area (Å²) in [7, 11) is -1.47. The fourth-order valence-corrected chi connectivity index (χ4v) is 4.26. The number of aryl methyl sites for hydroxylation is 1. The number of sulfone groups is 1. The van der Waals surface area contributed by atoms with Crippen LogP contribution < -0.4 is 5.32 Å². The number of benzene rings is 2. The van der Waals surface area contributed by atoms with Crippen LogP contribution in [0, 0.1) is 0 Å². The van der Waals surface area contributed by atoms with Crippen LogP contribution in [0.2, 0.25) is 0 Å². The van der Waals surface area contributed by atoms with Crippen molar-refractivity contribution in [2.45, 2.75) is 23.8 Å². The Morgan fingerprint density at radius 1 is 1.16 bits per heavy atom. The number of hydrogen-bond donors (Lipinski definition) is 1. The van der Waals surface area contributed by atoms with E-state index in [2.05, 4.69) is 17.4 Å². The van der Waals surface area contributed by atoms with Crippen LogP contribution in [0.15, 0.2) is 53.4 Å². The summed E-state index contributed by atoms with van der Waals surface area (Å²) in [6.07, 6.45) is 3.15. The van der Waals surface area contributed by atoms with E-state index in [1.165, 1.54) is 17.2 Å². The van der Waals surface area contributed by atoms with E-state index in [9.17, 15) is 13.2 Å². The lowest BCUT2D eigenvalue weighted by molar-refractivity contribution is -0.117. The second kappa shape index (κ2) is 6.98. The third-order valence-corrected chi connectivity index (χ3v) is 5.74. The Kier molecular flexibility index (Phi) is 4.92. The highest BCUT2D eigenvalue weighted by molar-refractivity contribution is 7.90. The molecule has 1 aliphatic rings. The zero-order valence-corrected chi connectivity index (χ0v) is 15.2. The molecule has 6 heteroatoms. The van der Waals surface area contributed by atoms with Gasteiger partial charge in [0.05, 0.1) is 17.1 Å². The van der Waals surface area contributed by atoms with Crippen molar-refractivity contribution >= 4 is 21.4 Å². The number of hydrogen-bond acceptors (Lipinski definition) is 4. The van der Waals surface area contributed by atoms with E-state index in [0.29, 0.717) is 5.69 Å². The molecule has 0 radical (unpaired) electrons. The van der Waals surface area contributed by atoms with Gasteiger partial charge in [0.15, 0.2) is 9.84 Å². The fourth-order valence-electron chi connectivity index (χ4n) is 3.41. The van der Waals surface area contributed by atoms with Gasteiger partial charge in [-0.05, 0) is 43.1 Å². The molecule has 25 heavy (non-hydrogen) atoms. The predicted octanol–water partition coefficient (Wildman–Crippen LogP) is 2.65. The van der Waals surface area contributed by atoms with Gasteiger partial charge in [0.25, 0.3) is 0 Å². The van der Waals surface area contributed by atoms with Gasteiger partial charge in [0.1, 0.15) is 0 Å². The van der Waals surface area contributed by atoms with Crippen molar-refractivity contribution in [2.24, 2.45) is 0 Å². The molecule has 1 unspecified atom stereocenters. The Labute approximate surface area is 148 Å². The van der Waals surface area contributed by atoms with E-state index >= 15 is 0 Å². The molecule has 132 valence electrons. The van der Waals surface area contributed by atoms with Crippen LogP contribution >= 0.6 is 0 Å². The summed E-state index contributed by atoms with van der Waals surface area (Å²) >= 11 is 0. The third-order valence-electron chi connectivity index (χ3n) is 4.59. The van der Waals surface area contributed by atoms with Gasteiger partial charge in [-0.2, -0.15) is 0 Å². The Morgan fingerprint density at radius 3 is 2.60 bits per heavy atom. The van der Waals surface area contributed by atoms with Crippen LogP contribution in [-0.4, -0.2) is 39.1 Å². The topological polar surface area (TPSA) is 66.5 Å². The minimum atomic E-state index is -3.39. The smallest absolute Gasteiger partial charge is 0.238 e. The summed E-state index contributed by atoms with van der Waals surface area (Å²) < 4.78 is 23.7. The molecule has 0 saturated carbocycles. The van der Waals surface area contributed by atoms with E-state index in [-0.39, 0.29) is 23.4 Å². The Morgan fingerprint density at radius 2 is 1.84 bits per heavy atom. The molecular weight excluding hydrogens is 336 g/mol. The largest absolute Gasteiger partial charge is 0.324 e. The van der Waals surface area contributed by atoms with Gasteiger partial charge < -0.3 is 5.32 Å². The summed E-state index contributed by atoms with van der Waals surface area (Å²) in [4.78, 5) is 14.6. The lowest BCUT2D eigenvalue weighted by atomic mass is 10.1. The summed E-state index contributed by atoms with van der Waals surface area (Å²) in [5, 5.41) is 2.74. The maximum absolute atomic E-state index is 12.4. The van der Waals surface area contributed by atoms with Crippen LogP contribution in [-0.2, 0) is 21.1 Å². The number of nitrogens with one attached hydrogen (secondary N) is 1. The molecule has 0 fully saturated rings. The zero-order valence-electron chi connectivity index (χ0n) is 14.4. The predicted molar refractivity (Wildman–Crippen MR) is 98.3 cm³/mol. The van der Waals surface area contributed by atoms with Gasteiger partial charge in [0.2, 0.25) is 5.91 Å². The van der Waals surface area contributed by atoms with E-state index in [0.717, 1.165) is 19.1 Å². The van der Waals surface area contributed by atoms with Gasteiger partial charge in [-0.25, -0.2) is 8.42 Å². The number of fused-ring (bicyclic) bond motifs is 1. The molecule has 1 N–H and O–H groups in total. The van der Waals surface area contributed by atoms with Crippen molar-refractivity contribution in [1.82, 2.24) is 4.90 Å². The van der Waals surface area contributed by atoms with Crippen LogP contribution in [0.4, 0.5) is 5.69 Å². The summed E-state index contributed by atoms with van der Waals surface area (Å²) in [6.45, 7) is 0.205. The van der Waals surface area contributed by atoms with Crippen LogP contribution in [0.1, 0.15) is 23.6 Å². The van der Waals surface area contributed by atoms with Crippen molar-refractivity contribution in [3.8, 4) is 0 Å². The summed E-state index contributed by atoms with van der Waals surface area (Å²) in [5.74, 6) is -0.219. The lowest BCUT2D eigenvalue weighted by Gasteiger charge is -2.24. The molecule has 0 spiro atoms. The summed E-state index contributed by atoms with van der Waals surface area (Å²) in [6, 6.07) is 15.0. The first-order valence-corrected chi connectivity index (χ1v) is 10.1. The molecule has 0 bridgehead atoms. The number of carbonyl (C=O) groups is 1. The minimum absolute atomic E-state index is 0.136. The van der Waals surface area contributed by atoms with Crippen molar-refractivity contribution in [3.05, 3.63) is 59.7 Å². The molecule has 3 rings (SSSR count). The monoisotopic (exact) mass is 358 g/mol. The Balaban J connectivity index is 1.70. The number of likely N-dealkylation sites (N-methyl/N-ethyl adjacent to an activating group) is 1. The van der Waals surface area contributed by atoms with Crippen molar-refractivity contribution in [3.63, 3.8) is 0 Å². The van der Waals surface area contributed by atoms with Crippen molar-refractivity contribution < 1.29 is 13.2 Å². The molecule has 2 aromatic rings. The van der Waals surface area contributed by atoms with Gasteiger partial charge in [-0.15, -0.1) is 0 Å². The van der Waals surface area contributed by atoms with Crippen molar-refractivity contribution in [1.29, 1.82) is 0 Å². The number of amides is 1. The van der Waals surface area contributed by atoms with E-state index in [1.807, 2.05) is 24.1 Å². The number of rotatable bonds is 5. The first-order chi connectivity index (χ1) is 11.9. The second-order valence-corrected chi connectivity index (χ2v) is 8.47. The van der Waals surface area contributed by atoms with Gasteiger partial charge in [0, 0.05) is 12.3 Å². The first-order valence-electron chi connectivity index (χ1n) is 8.23. The highest BCUT2D eigenvalue weighted by Gasteiger charge is 2.26. The number of para-hydroxylation sites is 1. The lowest BCUT2D eigenvalue weighted by Crippen LogP contribution is -2.32. The summed E-state index contributed by atoms with van der Waals surface area (Å²) in [5.41, 5.74) is 2.94. The second-order valence-electron chi connectivity index (χ2n) is 6.48. The van der Waals surface area contributed by atoms with Gasteiger partial charge >= 0.3 is 0 Å². The van der Waals surface area contributed by atoms with E-state index in [4.69, 9.17) is 0 Å². The Hall–Kier alpha value is -2.18. The van der Waals surface area contributed by atoms with Gasteiger partial charge in [-0.3, -0.25) is 9.69 Å². The normalized spacial score (nSPS) is 16.7. The molecule has 2 aromatic carbocycles. The van der Waals surface area contributed by atoms with E-state index < -0.39 is 9.84 Å². The number of nitrogens with zero attached hydrogens (tertiary/aromatic N) is 1. The fraction of sp³-hybridized carbons (Fsp3) is 0.316. The van der Waals surface area contributed by atoms with Crippen molar-refractivity contribution in [2.75, 3.05) is 25.2 Å². The molecule has 1 amide bonds. The molecule has 1 aliphatic carbocycles. The zero-order chi connectivity index (χ0) is 18.0. The average molecular weight is 358 g/mol. The van der Waals surface area contributed by atoms with Crippen LogP contribution in [0.3, 0.4) is 0 Å². The molecule has 0 aliphatic heterocycles. The standard InChI is InChI=1S/C19H22N2O3S/c1-21(17-12-11-14-7-3-4-8-15(14)17)13-19(22)20-16-9-5-6-10-18(16)25(2,23)24/h3-10,17H,11-13H2,1-2H3,(H,20,22). The molecule has 5 nitrogen and oxygen atoms in total. The van der Waals surface area contributed by atoms with Crippen LogP contribution in [0.5, 0.6) is 0 Å². The van der Waals surface area contributed by atoms with E-state index in [1.54, 1.807) is 18.2 Å². The average Bonchev–Trinajstić information content (AvgIpc) is 2.98. The Bertz CT molecular complexity index is 893. The maximum Gasteiger partial charge on any atom is 0.238 e. The van der Waals surface area contributed by atoms with Crippen LogP contribution in [0.25, 0.3) is 0 Å². The molecule has 0 saturated heterocycles. The number of carbonyl (C=O) groups excluding carboxylic acids is 1.